The Morgan fingerprint density at radius 1 is 0.359 bits per heavy atom. The van der Waals surface area contributed by atoms with Crippen LogP contribution in [-0.4, -0.2) is 0 Å². The monoisotopic (exact) mass is 569 g/mol. The van der Waals surface area contributed by atoms with Gasteiger partial charge in [-0.2, -0.15) is 35.9 Å². The first-order chi connectivity index (χ1) is 18.9. The van der Waals surface area contributed by atoms with E-state index >= 15 is 0 Å². The van der Waals surface area contributed by atoms with Gasteiger partial charge < -0.3 is 0 Å². The Morgan fingerprint density at radius 3 is 1.44 bits per heavy atom. The summed E-state index contributed by atoms with van der Waals surface area (Å²) in [6.45, 7) is 0. The van der Waals surface area contributed by atoms with Crippen molar-refractivity contribution in [1.82, 2.24) is 0 Å². The van der Waals surface area contributed by atoms with E-state index in [1.807, 2.05) is 12.1 Å². The molecule has 0 aliphatic heterocycles. The Labute approximate surface area is 254 Å². The van der Waals surface area contributed by atoms with Crippen molar-refractivity contribution in [3.05, 3.63) is 158 Å². The summed E-state index contributed by atoms with van der Waals surface area (Å²) < 4.78 is 0. The number of hydrogen-bond acceptors (Lipinski definition) is 0. The quantitative estimate of drug-likeness (QED) is 0.146. The molecule has 0 nitrogen and oxygen atoms in total. The van der Waals surface area contributed by atoms with Crippen molar-refractivity contribution in [2.75, 3.05) is 0 Å². The first-order valence-electron chi connectivity index (χ1n) is 13.0. The number of fused-ring (bicyclic) bond motifs is 2. The standard InChI is InChI=1S/C38H24.Y/c1-3-13-27(14-4-1)29-17-11-18-30(25-29)31-19-12-20-32(26-31)38-35-23-9-7-21-33(35)37(28-15-5-2-6-16-28)34-22-8-10-24-36(34)38;/h1-18,20-24,26H;/q-2;. The van der Waals surface area contributed by atoms with Gasteiger partial charge in [0.2, 0.25) is 0 Å². The Bertz CT molecular complexity index is 1850. The van der Waals surface area contributed by atoms with Crippen molar-refractivity contribution in [1.29, 1.82) is 0 Å². The van der Waals surface area contributed by atoms with Crippen LogP contribution >= 0.6 is 0 Å². The van der Waals surface area contributed by atoms with Crippen LogP contribution in [0, 0.1) is 12.1 Å². The number of benzene rings is 7. The molecule has 0 heterocycles. The van der Waals surface area contributed by atoms with Crippen LogP contribution in [0.4, 0.5) is 0 Å². The zero-order valence-corrected chi connectivity index (χ0v) is 24.3. The summed E-state index contributed by atoms with van der Waals surface area (Å²) in [7, 11) is 0. The minimum Gasteiger partial charge on any atom is -0.209 e. The smallest absolute Gasteiger partial charge is 0 e. The van der Waals surface area contributed by atoms with Crippen LogP contribution in [-0.2, 0) is 32.7 Å². The van der Waals surface area contributed by atoms with Gasteiger partial charge in [-0.05, 0) is 38.2 Å². The van der Waals surface area contributed by atoms with E-state index in [2.05, 4.69) is 146 Å². The first kappa shape index (κ1) is 25.4. The fourth-order valence-electron chi connectivity index (χ4n) is 5.54. The maximum Gasteiger partial charge on any atom is 0 e. The second kappa shape index (κ2) is 11.1. The normalized spacial score (nSPS) is 10.9. The van der Waals surface area contributed by atoms with E-state index in [1.54, 1.807) is 0 Å². The van der Waals surface area contributed by atoms with Crippen molar-refractivity contribution in [3.63, 3.8) is 0 Å². The molecule has 0 atom stereocenters. The van der Waals surface area contributed by atoms with Crippen molar-refractivity contribution in [2.45, 2.75) is 0 Å². The van der Waals surface area contributed by atoms with Crippen LogP contribution < -0.4 is 0 Å². The van der Waals surface area contributed by atoms with E-state index in [-0.39, 0.29) is 32.7 Å². The minimum absolute atomic E-state index is 0. The molecule has 0 bridgehead atoms. The Morgan fingerprint density at radius 2 is 0.846 bits per heavy atom. The summed E-state index contributed by atoms with van der Waals surface area (Å²) in [5, 5.41) is 5.03. The molecule has 0 aliphatic carbocycles. The van der Waals surface area contributed by atoms with Gasteiger partial charge in [0.1, 0.15) is 0 Å². The number of rotatable bonds is 4. The first-order valence-corrected chi connectivity index (χ1v) is 13.0. The van der Waals surface area contributed by atoms with Gasteiger partial charge >= 0.3 is 0 Å². The summed E-state index contributed by atoms with van der Waals surface area (Å²) in [6.07, 6.45) is 0. The van der Waals surface area contributed by atoms with E-state index in [1.165, 1.54) is 49.4 Å². The summed E-state index contributed by atoms with van der Waals surface area (Å²) in [6, 6.07) is 58.7. The maximum absolute atomic E-state index is 3.63. The van der Waals surface area contributed by atoms with Gasteiger partial charge in [0.25, 0.3) is 0 Å². The van der Waals surface area contributed by atoms with Crippen LogP contribution in [0.15, 0.2) is 146 Å². The van der Waals surface area contributed by atoms with Gasteiger partial charge in [0, 0.05) is 32.7 Å². The third-order valence-corrected chi connectivity index (χ3v) is 7.25. The van der Waals surface area contributed by atoms with Crippen LogP contribution in [0.3, 0.4) is 0 Å². The summed E-state index contributed by atoms with van der Waals surface area (Å²) in [5.41, 5.74) is 9.30. The van der Waals surface area contributed by atoms with Gasteiger partial charge in [-0.1, -0.05) is 115 Å². The Hall–Kier alpha value is -3.84. The molecule has 0 amide bonds. The van der Waals surface area contributed by atoms with Gasteiger partial charge in [-0.3, -0.25) is 0 Å². The molecular formula is C38H24Y-2. The fraction of sp³-hybridized carbons (Fsp3) is 0. The van der Waals surface area contributed by atoms with Crippen molar-refractivity contribution < 1.29 is 32.7 Å². The van der Waals surface area contributed by atoms with Gasteiger partial charge in [0.15, 0.2) is 0 Å². The van der Waals surface area contributed by atoms with Crippen LogP contribution in [0.1, 0.15) is 0 Å². The van der Waals surface area contributed by atoms with Crippen LogP contribution in [0.5, 0.6) is 0 Å². The zero-order valence-electron chi connectivity index (χ0n) is 21.4. The topological polar surface area (TPSA) is 0 Å². The van der Waals surface area contributed by atoms with Crippen molar-refractivity contribution in [2.24, 2.45) is 0 Å². The molecule has 0 spiro atoms. The van der Waals surface area contributed by atoms with E-state index in [9.17, 15) is 0 Å². The summed E-state index contributed by atoms with van der Waals surface area (Å²) >= 11 is 0. The summed E-state index contributed by atoms with van der Waals surface area (Å²) in [4.78, 5) is 0. The van der Waals surface area contributed by atoms with Crippen molar-refractivity contribution in [3.8, 4) is 44.5 Å². The fourth-order valence-corrected chi connectivity index (χ4v) is 5.54. The number of hydrogen-bond donors (Lipinski definition) is 0. The molecule has 0 saturated carbocycles. The van der Waals surface area contributed by atoms with E-state index in [4.69, 9.17) is 0 Å². The molecule has 0 aliphatic rings. The Kier molecular flexibility index (Phi) is 7.25. The van der Waals surface area contributed by atoms with Gasteiger partial charge in [-0.25, -0.2) is 5.56 Å². The van der Waals surface area contributed by atoms with E-state index in [0.29, 0.717) is 0 Å². The SMILES string of the molecule is [Y].[c-]1ccc(-c2c3ccccc3c(-c3ccccc3)c3ccccc23)cc1-c1[c-]c(-c2ccccc2)ccc1. The van der Waals surface area contributed by atoms with Crippen molar-refractivity contribution >= 4 is 21.5 Å². The second-order valence-electron chi connectivity index (χ2n) is 9.54. The Balaban J connectivity index is 0.00000277. The predicted octanol–water partition coefficient (Wildman–Crippen LogP) is 10.3. The largest absolute Gasteiger partial charge is 0.209 e. The average Bonchev–Trinajstić information content (AvgIpc) is 3.01. The third kappa shape index (κ3) is 4.76. The molecule has 0 fully saturated rings. The predicted molar refractivity (Wildman–Crippen MR) is 161 cm³/mol. The van der Waals surface area contributed by atoms with Crippen LogP contribution in [0.25, 0.3) is 66.1 Å². The molecule has 7 aromatic rings. The molecule has 7 rings (SSSR count). The maximum atomic E-state index is 3.63. The van der Waals surface area contributed by atoms with Gasteiger partial charge in [0.05, 0.1) is 0 Å². The molecule has 1 heteroatoms. The molecule has 1 radical (unpaired) electrons. The van der Waals surface area contributed by atoms with Crippen LogP contribution in [0.2, 0.25) is 0 Å². The molecule has 181 valence electrons. The molecule has 7 aromatic carbocycles. The average molecular weight is 570 g/mol. The van der Waals surface area contributed by atoms with E-state index in [0.717, 1.165) is 16.7 Å². The second-order valence-corrected chi connectivity index (χ2v) is 9.54. The molecule has 0 saturated heterocycles. The molecule has 0 aromatic heterocycles. The van der Waals surface area contributed by atoms with E-state index < -0.39 is 0 Å². The minimum atomic E-state index is 0. The molecule has 0 unspecified atom stereocenters. The third-order valence-electron chi connectivity index (χ3n) is 7.25. The van der Waals surface area contributed by atoms with Gasteiger partial charge in [-0.15, -0.1) is 29.3 Å². The molecule has 39 heavy (non-hydrogen) atoms. The summed E-state index contributed by atoms with van der Waals surface area (Å²) in [5.74, 6) is 0. The zero-order chi connectivity index (χ0) is 25.3. The molecular weight excluding hydrogens is 545 g/mol. The molecule has 0 N–H and O–H groups in total.